The minimum atomic E-state index is -0.478. The average molecular weight is 391 g/mol. The van der Waals surface area contributed by atoms with Crippen molar-refractivity contribution in [2.24, 2.45) is 5.41 Å². The Morgan fingerprint density at radius 2 is 1.65 bits per heavy atom. The average Bonchev–Trinajstić information content (AvgIpc) is 2.56. The fourth-order valence-corrected chi connectivity index (χ4v) is 3.17. The van der Waals surface area contributed by atoms with Crippen molar-refractivity contribution in [3.63, 3.8) is 0 Å². The summed E-state index contributed by atoms with van der Waals surface area (Å²) in [5, 5.41) is 6.42. The Bertz CT molecular complexity index is 787. The van der Waals surface area contributed by atoms with Gasteiger partial charge in [0.2, 0.25) is 11.8 Å². The number of carbonyl (C=O) groups excluding carboxylic acids is 2. The number of hydrogen-bond acceptors (Lipinski definition) is 3. The summed E-state index contributed by atoms with van der Waals surface area (Å²) in [6, 6.07) is 14.7. The summed E-state index contributed by atoms with van der Waals surface area (Å²) in [7, 11) is 0. The Hall–Kier alpha value is -1.98. The zero-order valence-corrected chi connectivity index (χ0v) is 16.7. The quantitative estimate of drug-likeness (QED) is 0.712. The largest absolute Gasteiger partial charge is 0.326 e. The predicted octanol–water partition coefficient (Wildman–Crippen LogP) is 5.20. The summed E-state index contributed by atoms with van der Waals surface area (Å²) in [6.45, 7) is 5.55. The molecule has 0 saturated heterocycles. The van der Waals surface area contributed by atoms with Gasteiger partial charge in [0.25, 0.3) is 0 Å². The van der Waals surface area contributed by atoms with Gasteiger partial charge in [-0.25, -0.2) is 0 Å². The zero-order chi connectivity index (χ0) is 19.2. The first kappa shape index (κ1) is 20.3. The van der Waals surface area contributed by atoms with E-state index in [-0.39, 0.29) is 11.8 Å². The molecule has 0 aliphatic rings. The first-order valence-corrected chi connectivity index (χ1v) is 9.81. The summed E-state index contributed by atoms with van der Waals surface area (Å²) in [5.41, 5.74) is 1.85. The molecule has 0 aliphatic heterocycles. The van der Waals surface area contributed by atoms with E-state index in [2.05, 4.69) is 10.6 Å². The molecule has 138 valence electrons. The fourth-order valence-electron chi connectivity index (χ4n) is 2.06. The minimum Gasteiger partial charge on any atom is -0.326 e. The number of anilines is 2. The maximum absolute atomic E-state index is 12.1. The molecule has 2 amide bonds. The first-order chi connectivity index (χ1) is 12.3. The Morgan fingerprint density at radius 1 is 1.00 bits per heavy atom. The lowest BCUT2D eigenvalue weighted by molar-refractivity contribution is -0.123. The van der Waals surface area contributed by atoms with Crippen molar-refractivity contribution < 1.29 is 9.59 Å². The fraction of sp³-hybridized carbons (Fsp3) is 0.300. The SMILES string of the molecule is CC(C)(C)C(=O)Nc1cccc(NC(=O)CSCc2ccccc2Cl)c1. The smallest absolute Gasteiger partial charge is 0.234 e. The summed E-state index contributed by atoms with van der Waals surface area (Å²) in [4.78, 5) is 24.2. The second-order valence-electron chi connectivity index (χ2n) is 6.92. The molecule has 4 nitrogen and oxygen atoms in total. The van der Waals surface area contributed by atoms with Crippen molar-refractivity contribution in [2.45, 2.75) is 26.5 Å². The molecular formula is C20H23ClN2O2S. The molecule has 2 aromatic carbocycles. The lowest BCUT2D eigenvalue weighted by Gasteiger charge is -2.18. The Morgan fingerprint density at radius 3 is 2.31 bits per heavy atom. The summed E-state index contributed by atoms with van der Waals surface area (Å²) >= 11 is 7.61. The molecule has 0 unspecified atom stereocenters. The van der Waals surface area contributed by atoms with Gasteiger partial charge in [0.05, 0.1) is 5.75 Å². The van der Waals surface area contributed by atoms with Gasteiger partial charge in [-0.2, -0.15) is 0 Å². The van der Waals surface area contributed by atoms with Gasteiger partial charge in [0, 0.05) is 27.6 Å². The van der Waals surface area contributed by atoms with Crippen LogP contribution in [0, 0.1) is 5.41 Å². The van der Waals surface area contributed by atoms with Crippen molar-refractivity contribution in [1.82, 2.24) is 0 Å². The van der Waals surface area contributed by atoms with E-state index >= 15 is 0 Å². The van der Waals surface area contributed by atoms with Crippen LogP contribution in [0.25, 0.3) is 0 Å². The van der Waals surface area contributed by atoms with Crippen LogP contribution in [0.15, 0.2) is 48.5 Å². The van der Waals surface area contributed by atoms with Crippen LogP contribution in [-0.2, 0) is 15.3 Å². The highest BCUT2D eigenvalue weighted by molar-refractivity contribution is 7.99. The van der Waals surface area contributed by atoms with Gasteiger partial charge in [-0.1, -0.05) is 56.6 Å². The van der Waals surface area contributed by atoms with Gasteiger partial charge < -0.3 is 10.6 Å². The third-order valence-corrected chi connectivity index (χ3v) is 4.88. The minimum absolute atomic E-state index is 0.0729. The number of halogens is 1. The molecule has 0 atom stereocenters. The normalized spacial score (nSPS) is 11.1. The topological polar surface area (TPSA) is 58.2 Å². The van der Waals surface area contributed by atoms with Crippen LogP contribution in [0.3, 0.4) is 0 Å². The van der Waals surface area contributed by atoms with Crippen LogP contribution >= 0.6 is 23.4 Å². The predicted molar refractivity (Wildman–Crippen MR) is 111 cm³/mol. The molecule has 0 aliphatic carbocycles. The van der Waals surface area contributed by atoms with Crippen LogP contribution in [0.1, 0.15) is 26.3 Å². The number of thioether (sulfide) groups is 1. The van der Waals surface area contributed by atoms with Crippen LogP contribution < -0.4 is 10.6 Å². The summed E-state index contributed by atoms with van der Waals surface area (Å²) in [5.74, 6) is 0.830. The molecule has 0 spiro atoms. The Labute approximate surface area is 163 Å². The standard InChI is InChI=1S/C20H23ClN2O2S/c1-20(2,3)19(25)23-16-9-6-8-15(11-16)22-18(24)13-26-12-14-7-4-5-10-17(14)21/h4-11H,12-13H2,1-3H3,(H,22,24)(H,23,25). The maximum atomic E-state index is 12.1. The number of rotatable bonds is 6. The van der Waals surface area contributed by atoms with Crippen molar-refractivity contribution in [1.29, 1.82) is 0 Å². The van der Waals surface area contributed by atoms with Crippen molar-refractivity contribution in [3.8, 4) is 0 Å². The molecule has 0 heterocycles. The van der Waals surface area contributed by atoms with E-state index in [4.69, 9.17) is 11.6 Å². The summed E-state index contributed by atoms with van der Waals surface area (Å²) < 4.78 is 0. The number of amides is 2. The molecule has 0 aromatic heterocycles. The van der Waals surface area contributed by atoms with Gasteiger partial charge in [-0.3, -0.25) is 9.59 Å². The van der Waals surface area contributed by atoms with E-state index < -0.39 is 5.41 Å². The molecule has 0 radical (unpaired) electrons. The molecule has 0 bridgehead atoms. The lowest BCUT2D eigenvalue weighted by atomic mass is 9.95. The van der Waals surface area contributed by atoms with E-state index in [0.29, 0.717) is 27.9 Å². The molecule has 2 N–H and O–H groups in total. The molecule has 0 fully saturated rings. The zero-order valence-electron chi connectivity index (χ0n) is 15.1. The van der Waals surface area contributed by atoms with Gasteiger partial charge in [-0.15, -0.1) is 11.8 Å². The van der Waals surface area contributed by atoms with E-state index in [1.165, 1.54) is 11.8 Å². The van der Waals surface area contributed by atoms with Crippen LogP contribution in [0.2, 0.25) is 5.02 Å². The van der Waals surface area contributed by atoms with E-state index in [1.807, 2.05) is 45.0 Å². The number of carbonyl (C=O) groups is 2. The van der Waals surface area contributed by atoms with Crippen molar-refractivity contribution in [3.05, 3.63) is 59.1 Å². The second kappa shape index (κ2) is 9.10. The van der Waals surface area contributed by atoms with Crippen LogP contribution in [0.4, 0.5) is 11.4 Å². The second-order valence-corrected chi connectivity index (χ2v) is 8.31. The lowest BCUT2D eigenvalue weighted by Crippen LogP contribution is -2.27. The molecule has 6 heteroatoms. The third-order valence-electron chi connectivity index (χ3n) is 3.53. The van der Waals surface area contributed by atoms with E-state index in [0.717, 1.165) is 5.56 Å². The van der Waals surface area contributed by atoms with Gasteiger partial charge in [0.15, 0.2) is 0 Å². The highest BCUT2D eigenvalue weighted by Crippen LogP contribution is 2.22. The van der Waals surface area contributed by atoms with Gasteiger partial charge in [-0.05, 0) is 29.8 Å². The summed E-state index contributed by atoms with van der Waals surface area (Å²) in [6.07, 6.45) is 0. The highest BCUT2D eigenvalue weighted by atomic mass is 35.5. The molecule has 2 rings (SSSR count). The number of benzene rings is 2. The van der Waals surface area contributed by atoms with Crippen LogP contribution in [0.5, 0.6) is 0 Å². The molecule has 0 saturated carbocycles. The highest BCUT2D eigenvalue weighted by Gasteiger charge is 2.21. The molecule has 2 aromatic rings. The van der Waals surface area contributed by atoms with E-state index in [1.54, 1.807) is 24.3 Å². The molecule has 26 heavy (non-hydrogen) atoms. The van der Waals surface area contributed by atoms with Gasteiger partial charge in [0.1, 0.15) is 0 Å². The van der Waals surface area contributed by atoms with E-state index in [9.17, 15) is 9.59 Å². The number of nitrogens with one attached hydrogen (secondary N) is 2. The van der Waals surface area contributed by atoms with Crippen molar-refractivity contribution >= 4 is 46.6 Å². The molecular weight excluding hydrogens is 368 g/mol. The Kier molecular flexibility index (Phi) is 7.12. The van der Waals surface area contributed by atoms with Gasteiger partial charge >= 0.3 is 0 Å². The first-order valence-electron chi connectivity index (χ1n) is 8.28. The monoisotopic (exact) mass is 390 g/mol. The number of hydrogen-bond donors (Lipinski definition) is 2. The third kappa shape index (κ3) is 6.39. The van der Waals surface area contributed by atoms with Crippen molar-refractivity contribution in [2.75, 3.05) is 16.4 Å². The maximum Gasteiger partial charge on any atom is 0.234 e. The Balaban J connectivity index is 1.86. The van der Waals surface area contributed by atoms with Crippen LogP contribution in [-0.4, -0.2) is 17.6 Å².